The van der Waals surface area contributed by atoms with Crippen molar-refractivity contribution in [2.45, 2.75) is 12.7 Å². The summed E-state index contributed by atoms with van der Waals surface area (Å²) in [5, 5.41) is 6.29. The Kier molecular flexibility index (Phi) is 7.57. The molecule has 1 aliphatic rings. The molecule has 4 N–H and O–H groups in total. The predicted octanol–water partition coefficient (Wildman–Crippen LogP) is 4.05. The largest absolute Gasteiger partial charge is 0.412 e. The molecule has 0 fully saturated rings. The Bertz CT molecular complexity index is 1050. The number of hydrogen-bond acceptors (Lipinski definition) is 5. The lowest BCUT2D eigenvalue weighted by atomic mass is 9.91. The molecule has 9 heteroatoms. The third-order valence-corrected chi connectivity index (χ3v) is 5.75. The lowest BCUT2D eigenvalue weighted by molar-refractivity contribution is -0.191. The number of anilines is 1. The smallest absolute Gasteiger partial charge is 0.273 e. The van der Waals surface area contributed by atoms with Crippen molar-refractivity contribution < 1.29 is 19.7 Å². The minimum Gasteiger partial charge on any atom is -0.412 e. The number of fused-ring (bicyclic) bond motifs is 1. The van der Waals surface area contributed by atoms with E-state index in [0.29, 0.717) is 10.8 Å². The van der Waals surface area contributed by atoms with Gasteiger partial charge in [-0.3, -0.25) is 10.1 Å². The fourth-order valence-electron chi connectivity index (χ4n) is 3.33. The summed E-state index contributed by atoms with van der Waals surface area (Å²) < 4.78 is 11.2. The second kappa shape index (κ2) is 9.55. The third-order valence-electron chi connectivity index (χ3n) is 4.99. The zero-order valence-electron chi connectivity index (χ0n) is 16.8. The number of hydrogen-bond donors (Lipinski definition) is 2. The van der Waals surface area contributed by atoms with Crippen LogP contribution in [0.15, 0.2) is 53.9 Å². The molecule has 1 amide bonds. The summed E-state index contributed by atoms with van der Waals surface area (Å²) in [4.78, 5) is 20.2. The number of H-pyrrole nitrogens is 1. The maximum atomic E-state index is 12.6. The maximum Gasteiger partial charge on any atom is 0.273 e. The van der Waals surface area contributed by atoms with Gasteiger partial charge in [-0.1, -0.05) is 37.3 Å². The van der Waals surface area contributed by atoms with E-state index in [2.05, 4.69) is 15.3 Å². The number of carbonyl (C=O) groups is 1. The van der Waals surface area contributed by atoms with Crippen molar-refractivity contribution in [3.63, 3.8) is 0 Å². The predicted molar refractivity (Wildman–Crippen MR) is 122 cm³/mol. The number of nitrogens with zero attached hydrogens (tertiary/aromatic N) is 1. The van der Waals surface area contributed by atoms with Gasteiger partial charge >= 0.3 is 0 Å². The Labute approximate surface area is 184 Å². The molecule has 0 saturated carbocycles. The van der Waals surface area contributed by atoms with E-state index in [1.54, 1.807) is 14.2 Å². The molecular formula is C21H24ClN3O4S. The number of thiazole rings is 1. The third kappa shape index (κ3) is 4.33. The van der Waals surface area contributed by atoms with Gasteiger partial charge in [0.15, 0.2) is 10.9 Å². The lowest BCUT2D eigenvalue weighted by Gasteiger charge is -2.34. The van der Waals surface area contributed by atoms with Crippen LogP contribution < -0.4 is 5.32 Å². The van der Waals surface area contributed by atoms with Gasteiger partial charge in [0.1, 0.15) is 5.69 Å². The van der Waals surface area contributed by atoms with E-state index in [1.165, 1.54) is 11.3 Å². The molecular weight excluding hydrogens is 426 g/mol. The maximum absolute atomic E-state index is 12.6. The van der Waals surface area contributed by atoms with E-state index in [9.17, 15) is 4.79 Å². The molecule has 30 heavy (non-hydrogen) atoms. The first-order valence-corrected chi connectivity index (χ1v) is 9.79. The van der Waals surface area contributed by atoms with Crippen molar-refractivity contribution in [1.29, 1.82) is 0 Å². The van der Waals surface area contributed by atoms with Crippen molar-refractivity contribution in [2.24, 2.45) is 5.92 Å². The van der Waals surface area contributed by atoms with Crippen LogP contribution in [0, 0.1) is 5.92 Å². The van der Waals surface area contributed by atoms with Crippen molar-refractivity contribution >= 4 is 51.3 Å². The number of halogens is 1. The molecule has 1 unspecified atom stereocenters. The summed E-state index contributed by atoms with van der Waals surface area (Å²) in [6.07, 6.45) is 5.96. The first kappa shape index (κ1) is 23.8. The highest BCUT2D eigenvalue weighted by molar-refractivity contribution is 7.14. The van der Waals surface area contributed by atoms with Crippen molar-refractivity contribution in [1.82, 2.24) is 9.97 Å². The number of nitrogens with one attached hydrogen (secondary N) is 2. The second-order valence-corrected chi connectivity index (χ2v) is 7.50. The molecule has 2 aromatic heterocycles. The van der Waals surface area contributed by atoms with Crippen molar-refractivity contribution in [2.75, 3.05) is 19.5 Å². The summed E-state index contributed by atoms with van der Waals surface area (Å²) >= 11 is 1.38. The summed E-state index contributed by atoms with van der Waals surface area (Å²) in [6.45, 7) is 2.03. The van der Waals surface area contributed by atoms with Crippen LogP contribution in [0.25, 0.3) is 16.5 Å². The van der Waals surface area contributed by atoms with Crippen LogP contribution in [0.3, 0.4) is 0 Å². The average molecular weight is 450 g/mol. The highest BCUT2D eigenvalue weighted by atomic mass is 35.5. The molecule has 0 radical (unpaired) electrons. The van der Waals surface area contributed by atoms with Crippen LogP contribution in [0.4, 0.5) is 5.13 Å². The number of carbonyl (C=O) groups excluding carboxylic acids is 1. The molecule has 1 aromatic carbocycles. The second-order valence-electron chi connectivity index (χ2n) is 6.64. The number of aromatic amines is 1. The van der Waals surface area contributed by atoms with Crippen molar-refractivity contribution in [3.05, 3.63) is 65.3 Å². The van der Waals surface area contributed by atoms with Crippen molar-refractivity contribution in [3.8, 4) is 0 Å². The van der Waals surface area contributed by atoms with Crippen LogP contribution in [-0.2, 0) is 9.47 Å². The number of allylic oxidation sites excluding steroid dienone is 2. The lowest BCUT2D eigenvalue weighted by Crippen LogP contribution is -2.39. The number of rotatable bonds is 5. The topological polar surface area (TPSA) is 108 Å². The molecule has 2 heterocycles. The highest BCUT2D eigenvalue weighted by Gasteiger charge is 2.35. The molecule has 1 aliphatic carbocycles. The van der Waals surface area contributed by atoms with E-state index >= 15 is 0 Å². The minimum absolute atomic E-state index is 0. The van der Waals surface area contributed by atoms with Gasteiger partial charge in [-0.2, -0.15) is 0 Å². The molecule has 7 nitrogen and oxygen atoms in total. The number of para-hydroxylation sites is 1. The van der Waals surface area contributed by atoms with E-state index < -0.39 is 5.79 Å². The van der Waals surface area contributed by atoms with Gasteiger partial charge in [0.2, 0.25) is 0 Å². The molecule has 3 aromatic rings. The number of methoxy groups -OCH3 is 2. The van der Waals surface area contributed by atoms with Gasteiger partial charge < -0.3 is 19.9 Å². The number of benzene rings is 1. The van der Waals surface area contributed by atoms with Gasteiger partial charge in [-0.05, 0) is 18.2 Å². The van der Waals surface area contributed by atoms with Gasteiger partial charge in [0.05, 0.1) is 5.69 Å². The average Bonchev–Trinajstić information content (AvgIpc) is 3.35. The quantitative estimate of drug-likeness (QED) is 0.572. The highest BCUT2D eigenvalue weighted by Crippen LogP contribution is 2.35. The monoisotopic (exact) mass is 449 g/mol. The fourth-order valence-corrected chi connectivity index (χ4v) is 4.05. The SMILES string of the molecule is COC1(OC)C=C(c2csc(NC(=O)c3cc4ccccc4[nH]3)n2)C=CC1C.Cl.O. The fraction of sp³-hybridized carbons (Fsp3) is 0.238. The molecule has 160 valence electrons. The standard InChI is InChI=1S/C21H21N3O3S.ClH.H2O/c1-13-8-9-15(11-21(13,26-2)27-3)18-12-28-20(23-18)24-19(25)17-10-14-6-4-5-7-16(14)22-17;;/h4-13,22H,1-3H3,(H,23,24,25);1H;1H2. The van der Waals surface area contributed by atoms with Crippen LogP contribution in [0.5, 0.6) is 0 Å². The Morgan fingerprint density at radius 3 is 2.70 bits per heavy atom. The van der Waals surface area contributed by atoms with Crippen LogP contribution in [0.2, 0.25) is 0 Å². The van der Waals surface area contributed by atoms with E-state index in [0.717, 1.165) is 22.2 Å². The van der Waals surface area contributed by atoms with Gasteiger partial charge in [-0.25, -0.2) is 4.98 Å². The molecule has 0 saturated heterocycles. The van der Waals surface area contributed by atoms with Gasteiger partial charge in [0.25, 0.3) is 5.91 Å². The molecule has 0 bridgehead atoms. The molecule has 0 aliphatic heterocycles. The summed E-state index contributed by atoms with van der Waals surface area (Å²) in [5.74, 6) is -0.963. The normalized spacial score (nSPS) is 17.0. The molecule has 4 rings (SSSR count). The van der Waals surface area contributed by atoms with E-state index in [-0.39, 0.29) is 29.7 Å². The van der Waals surface area contributed by atoms with Crippen LogP contribution in [-0.4, -0.2) is 41.4 Å². The molecule has 0 spiro atoms. The first-order chi connectivity index (χ1) is 13.5. The number of amides is 1. The molecule has 1 atom stereocenters. The minimum atomic E-state index is -0.818. The number of aromatic nitrogens is 2. The summed E-state index contributed by atoms with van der Waals surface area (Å²) in [6, 6.07) is 9.61. The Hall–Kier alpha value is -2.49. The van der Waals surface area contributed by atoms with Crippen LogP contribution in [0.1, 0.15) is 23.1 Å². The Morgan fingerprint density at radius 1 is 1.27 bits per heavy atom. The zero-order valence-corrected chi connectivity index (χ0v) is 18.4. The first-order valence-electron chi connectivity index (χ1n) is 8.91. The summed E-state index contributed by atoms with van der Waals surface area (Å²) in [5.41, 5.74) is 3.08. The Morgan fingerprint density at radius 2 is 2.00 bits per heavy atom. The Balaban J connectivity index is 0.00000160. The van der Waals surface area contributed by atoms with Gasteiger partial charge in [0, 0.05) is 42.0 Å². The zero-order chi connectivity index (χ0) is 19.7. The van der Waals surface area contributed by atoms with Crippen LogP contribution >= 0.6 is 23.7 Å². The number of ether oxygens (including phenoxy) is 2. The van der Waals surface area contributed by atoms with Gasteiger partial charge in [-0.15, -0.1) is 23.7 Å². The van der Waals surface area contributed by atoms with E-state index in [1.807, 2.05) is 60.9 Å². The summed E-state index contributed by atoms with van der Waals surface area (Å²) in [7, 11) is 3.25. The van der Waals surface area contributed by atoms with E-state index in [4.69, 9.17) is 9.47 Å².